The fourth-order valence-corrected chi connectivity index (χ4v) is 2.50. The van der Waals surface area contributed by atoms with E-state index in [2.05, 4.69) is 37.4 Å². The van der Waals surface area contributed by atoms with E-state index >= 15 is 0 Å². The second-order valence-electron chi connectivity index (χ2n) is 5.27. The average Bonchev–Trinajstić information content (AvgIpc) is 2.82. The third-order valence-corrected chi connectivity index (χ3v) is 3.55. The number of benzene rings is 1. The summed E-state index contributed by atoms with van der Waals surface area (Å²) < 4.78 is 5.96. The van der Waals surface area contributed by atoms with Gasteiger partial charge in [0, 0.05) is 6.54 Å². The molecule has 0 radical (unpaired) electrons. The molecule has 2 heteroatoms. The van der Waals surface area contributed by atoms with Crippen molar-refractivity contribution < 1.29 is 4.74 Å². The number of aryl methyl sites for hydroxylation is 2. The van der Waals surface area contributed by atoms with Gasteiger partial charge in [0.1, 0.15) is 11.9 Å². The molecule has 0 saturated heterocycles. The van der Waals surface area contributed by atoms with Crippen LogP contribution in [0.25, 0.3) is 0 Å². The van der Waals surface area contributed by atoms with Crippen LogP contribution in [0.15, 0.2) is 18.2 Å². The van der Waals surface area contributed by atoms with E-state index in [0.717, 1.165) is 18.8 Å². The van der Waals surface area contributed by atoms with Crippen LogP contribution < -0.4 is 10.1 Å². The van der Waals surface area contributed by atoms with Gasteiger partial charge in [-0.3, -0.25) is 0 Å². The van der Waals surface area contributed by atoms with Crippen molar-refractivity contribution in [1.29, 1.82) is 0 Å². The summed E-state index contributed by atoms with van der Waals surface area (Å²) in [6, 6.07) is 6.58. The van der Waals surface area contributed by atoms with E-state index in [4.69, 9.17) is 4.74 Å². The predicted octanol–water partition coefficient (Wildman–Crippen LogP) is 3.33. The van der Waals surface area contributed by atoms with E-state index in [1.807, 2.05) is 0 Å². The third kappa shape index (κ3) is 3.74. The Morgan fingerprint density at radius 2 is 2.11 bits per heavy atom. The lowest BCUT2D eigenvalue weighted by Gasteiger charge is -2.16. The van der Waals surface area contributed by atoms with Crippen molar-refractivity contribution >= 4 is 0 Å². The van der Waals surface area contributed by atoms with Crippen LogP contribution in [-0.2, 0) is 12.8 Å². The molecule has 0 amide bonds. The van der Waals surface area contributed by atoms with Crippen molar-refractivity contribution in [1.82, 2.24) is 5.32 Å². The van der Waals surface area contributed by atoms with Crippen LogP contribution in [0.1, 0.15) is 44.2 Å². The fourth-order valence-electron chi connectivity index (χ4n) is 2.50. The highest BCUT2D eigenvalue weighted by Crippen LogP contribution is 2.26. The molecule has 0 saturated carbocycles. The number of ether oxygens (including phenoxy) is 1. The first-order valence-electron chi connectivity index (χ1n) is 7.28. The normalized spacial score (nSPS) is 15.4. The summed E-state index contributed by atoms with van der Waals surface area (Å²) in [5.74, 6) is 1.03. The summed E-state index contributed by atoms with van der Waals surface area (Å²) in [5.41, 5.74) is 3.00. The van der Waals surface area contributed by atoms with Gasteiger partial charge in [-0.2, -0.15) is 0 Å². The van der Waals surface area contributed by atoms with Gasteiger partial charge >= 0.3 is 0 Å². The molecule has 0 bridgehead atoms. The van der Waals surface area contributed by atoms with E-state index in [9.17, 15) is 0 Å². The molecule has 1 N–H and O–H groups in total. The van der Waals surface area contributed by atoms with Gasteiger partial charge < -0.3 is 10.1 Å². The molecule has 0 aromatic heterocycles. The zero-order valence-electron chi connectivity index (χ0n) is 11.7. The highest BCUT2D eigenvalue weighted by Gasteiger charge is 2.12. The summed E-state index contributed by atoms with van der Waals surface area (Å²) >= 11 is 0. The molecule has 0 heterocycles. The molecule has 0 fully saturated rings. The zero-order chi connectivity index (χ0) is 12.8. The largest absolute Gasteiger partial charge is 0.489 e. The molecule has 0 aliphatic heterocycles. The molecule has 1 aromatic carbocycles. The van der Waals surface area contributed by atoms with Gasteiger partial charge in [-0.05, 0) is 62.4 Å². The molecule has 18 heavy (non-hydrogen) atoms. The zero-order valence-corrected chi connectivity index (χ0v) is 11.7. The monoisotopic (exact) mass is 247 g/mol. The van der Waals surface area contributed by atoms with Gasteiger partial charge in [-0.15, -0.1) is 0 Å². The lowest BCUT2D eigenvalue weighted by Crippen LogP contribution is -2.29. The SMILES string of the molecule is CCCCNCC(C)Oc1ccc2c(c1)CCC2. The standard InChI is InChI=1S/C16H25NO/c1-3-4-10-17-12-13(2)18-16-9-8-14-6-5-7-15(14)11-16/h8-9,11,13,17H,3-7,10,12H2,1-2H3. The van der Waals surface area contributed by atoms with Gasteiger partial charge in [0.05, 0.1) is 0 Å². The van der Waals surface area contributed by atoms with Crippen LogP contribution in [-0.4, -0.2) is 19.2 Å². The number of nitrogens with one attached hydrogen (secondary N) is 1. The molecule has 2 nitrogen and oxygen atoms in total. The van der Waals surface area contributed by atoms with Crippen LogP contribution in [0.3, 0.4) is 0 Å². The van der Waals surface area contributed by atoms with E-state index < -0.39 is 0 Å². The number of unbranched alkanes of at least 4 members (excludes halogenated alkanes) is 1. The molecule has 1 atom stereocenters. The summed E-state index contributed by atoms with van der Waals surface area (Å²) in [6.45, 7) is 6.36. The van der Waals surface area contributed by atoms with Crippen LogP contribution in [0.5, 0.6) is 5.75 Å². The van der Waals surface area contributed by atoms with Gasteiger partial charge in [0.2, 0.25) is 0 Å². The van der Waals surface area contributed by atoms with E-state index in [-0.39, 0.29) is 6.10 Å². The summed E-state index contributed by atoms with van der Waals surface area (Å²) in [4.78, 5) is 0. The minimum absolute atomic E-state index is 0.237. The quantitative estimate of drug-likeness (QED) is 0.746. The third-order valence-electron chi connectivity index (χ3n) is 3.55. The summed E-state index contributed by atoms with van der Waals surface area (Å²) in [6.07, 6.45) is 6.48. The molecule has 100 valence electrons. The Balaban J connectivity index is 1.78. The Bertz CT molecular complexity index is 375. The van der Waals surface area contributed by atoms with Crippen LogP contribution in [0.2, 0.25) is 0 Å². The number of hydrogen-bond acceptors (Lipinski definition) is 2. The molecule has 1 unspecified atom stereocenters. The number of hydrogen-bond donors (Lipinski definition) is 1. The van der Waals surface area contributed by atoms with Crippen molar-refractivity contribution in [3.63, 3.8) is 0 Å². The first-order valence-corrected chi connectivity index (χ1v) is 7.28. The second-order valence-corrected chi connectivity index (χ2v) is 5.27. The lowest BCUT2D eigenvalue weighted by molar-refractivity contribution is 0.217. The molecule has 1 aromatic rings. The van der Waals surface area contributed by atoms with Crippen molar-refractivity contribution in [2.45, 2.75) is 52.1 Å². The highest BCUT2D eigenvalue weighted by atomic mass is 16.5. The Hall–Kier alpha value is -1.02. The Morgan fingerprint density at radius 1 is 1.28 bits per heavy atom. The minimum atomic E-state index is 0.237. The summed E-state index contributed by atoms with van der Waals surface area (Å²) in [7, 11) is 0. The molecular weight excluding hydrogens is 222 g/mol. The van der Waals surface area contributed by atoms with Gasteiger partial charge in [-0.25, -0.2) is 0 Å². The fraction of sp³-hybridized carbons (Fsp3) is 0.625. The molecular formula is C16H25NO. The average molecular weight is 247 g/mol. The topological polar surface area (TPSA) is 21.3 Å². The van der Waals surface area contributed by atoms with Crippen LogP contribution in [0.4, 0.5) is 0 Å². The molecule has 1 aliphatic rings. The second kappa shape index (κ2) is 6.79. The maximum Gasteiger partial charge on any atom is 0.120 e. The van der Waals surface area contributed by atoms with Crippen LogP contribution >= 0.6 is 0 Å². The maximum atomic E-state index is 5.96. The van der Waals surface area contributed by atoms with Crippen molar-refractivity contribution in [2.24, 2.45) is 0 Å². The minimum Gasteiger partial charge on any atom is -0.489 e. The number of rotatable bonds is 7. The number of fused-ring (bicyclic) bond motifs is 1. The summed E-state index contributed by atoms with van der Waals surface area (Å²) in [5, 5.41) is 3.43. The smallest absolute Gasteiger partial charge is 0.120 e. The maximum absolute atomic E-state index is 5.96. The lowest BCUT2D eigenvalue weighted by atomic mass is 10.1. The van der Waals surface area contributed by atoms with Crippen LogP contribution in [0, 0.1) is 0 Å². The van der Waals surface area contributed by atoms with Gasteiger partial charge in [0.25, 0.3) is 0 Å². The first-order chi connectivity index (χ1) is 8.79. The van der Waals surface area contributed by atoms with Crippen molar-refractivity contribution in [3.05, 3.63) is 29.3 Å². The van der Waals surface area contributed by atoms with E-state index in [0.29, 0.717) is 0 Å². The molecule has 0 spiro atoms. The molecule has 2 rings (SSSR count). The predicted molar refractivity (Wildman–Crippen MR) is 76.3 cm³/mol. The van der Waals surface area contributed by atoms with Gasteiger partial charge in [-0.1, -0.05) is 19.4 Å². The Labute approximate surface area is 111 Å². The van der Waals surface area contributed by atoms with E-state index in [1.54, 1.807) is 0 Å². The van der Waals surface area contributed by atoms with Gasteiger partial charge in [0.15, 0.2) is 0 Å². The van der Waals surface area contributed by atoms with Crippen molar-refractivity contribution in [2.75, 3.05) is 13.1 Å². The molecule has 1 aliphatic carbocycles. The first kappa shape index (κ1) is 13.4. The Kier molecular flexibility index (Phi) is 5.06. The Morgan fingerprint density at radius 3 is 2.94 bits per heavy atom. The van der Waals surface area contributed by atoms with E-state index in [1.165, 1.54) is 43.2 Å². The van der Waals surface area contributed by atoms with Crippen molar-refractivity contribution in [3.8, 4) is 5.75 Å². The highest BCUT2D eigenvalue weighted by molar-refractivity contribution is 5.38.